The molecule has 0 radical (unpaired) electrons. The van der Waals surface area contributed by atoms with Crippen LogP contribution in [0.5, 0.6) is 5.75 Å². The van der Waals surface area contributed by atoms with Gasteiger partial charge in [-0.2, -0.15) is 0 Å². The molecule has 0 aliphatic carbocycles. The van der Waals surface area contributed by atoms with Crippen LogP contribution in [0.25, 0.3) is 10.8 Å². The van der Waals surface area contributed by atoms with E-state index < -0.39 is 27.3 Å². The van der Waals surface area contributed by atoms with Crippen LogP contribution in [-0.2, 0) is 27.3 Å². The SMILES string of the molecule is COc1ccc2ccccc2c1[S@@](=O)N[C@@](C)(c1ccccc1)[C@H](C)[S@@](=O)c1ccc(C)cc1. The third kappa shape index (κ3) is 4.71. The number of nitrogens with one attached hydrogen (secondary N) is 1. The number of hydrogen-bond acceptors (Lipinski definition) is 3. The molecule has 4 aromatic rings. The Morgan fingerprint density at radius 2 is 1.50 bits per heavy atom. The topological polar surface area (TPSA) is 55.4 Å². The molecule has 0 heterocycles. The first-order chi connectivity index (χ1) is 16.3. The summed E-state index contributed by atoms with van der Waals surface area (Å²) in [5.74, 6) is 0.548. The molecule has 0 fully saturated rings. The van der Waals surface area contributed by atoms with E-state index in [4.69, 9.17) is 4.74 Å². The van der Waals surface area contributed by atoms with Gasteiger partial charge in [0.1, 0.15) is 21.6 Å². The lowest BCUT2D eigenvalue weighted by Gasteiger charge is -2.36. The van der Waals surface area contributed by atoms with Crippen LogP contribution in [0.4, 0.5) is 0 Å². The van der Waals surface area contributed by atoms with Crippen LogP contribution in [-0.4, -0.2) is 20.8 Å². The Balaban J connectivity index is 1.79. The smallest absolute Gasteiger partial charge is 0.137 e. The van der Waals surface area contributed by atoms with Crippen LogP contribution >= 0.6 is 0 Å². The largest absolute Gasteiger partial charge is 0.495 e. The van der Waals surface area contributed by atoms with E-state index in [1.807, 2.05) is 112 Å². The summed E-state index contributed by atoms with van der Waals surface area (Å²) in [7, 11) is -1.41. The molecule has 4 aromatic carbocycles. The minimum absolute atomic E-state index is 0.387. The zero-order valence-corrected chi connectivity index (χ0v) is 21.4. The molecule has 6 heteroatoms. The van der Waals surface area contributed by atoms with Gasteiger partial charge < -0.3 is 4.74 Å². The van der Waals surface area contributed by atoms with Crippen molar-refractivity contribution >= 4 is 32.6 Å². The highest BCUT2D eigenvalue weighted by Crippen LogP contribution is 2.35. The number of methoxy groups -OCH3 is 1. The lowest BCUT2D eigenvalue weighted by atomic mass is 9.90. The van der Waals surface area contributed by atoms with E-state index in [1.54, 1.807) is 7.11 Å². The van der Waals surface area contributed by atoms with Crippen LogP contribution in [0, 0.1) is 6.92 Å². The number of ether oxygens (including phenoxy) is 1. The Hall–Kier alpha value is -2.80. The van der Waals surface area contributed by atoms with E-state index in [0.29, 0.717) is 10.6 Å². The van der Waals surface area contributed by atoms with Gasteiger partial charge in [-0.1, -0.05) is 78.4 Å². The molecule has 4 nitrogen and oxygen atoms in total. The Morgan fingerprint density at radius 1 is 0.853 bits per heavy atom. The lowest BCUT2D eigenvalue weighted by molar-refractivity contribution is 0.402. The predicted octanol–water partition coefficient (Wildman–Crippen LogP) is 5.88. The van der Waals surface area contributed by atoms with Gasteiger partial charge >= 0.3 is 0 Å². The Morgan fingerprint density at radius 3 is 2.18 bits per heavy atom. The zero-order valence-electron chi connectivity index (χ0n) is 19.8. The average Bonchev–Trinajstić information content (AvgIpc) is 2.87. The maximum absolute atomic E-state index is 14.0. The highest BCUT2D eigenvalue weighted by atomic mass is 32.2. The minimum Gasteiger partial charge on any atom is -0.495 e. The number of rotatable bonds is 8. The van der Waals surface area contributed by atoms with E-state index in [1.165, 1.54) is 0 Å². The molecule has 4 rings (SSSR count). The molecule has 4 atom stereocenters. The van der Waals surface area contributed by atoms with Crippen molar-refractivity contribution in [2.75, 3.05) is 7.11 Å². The highest BCUT2D eigenvalue weighted by molar-refractivity contribution is 7.86. The second-order valence-corrected chi connectivity index (χ2v) is 11.4. The van der Waals surface area contributed by atoms with Gasteiger partial charge in [0.2, 0.25) is 0 Å². The van der Waals surface area contributed by atoms with Crippen LogP contribution in [0.15, 0.2) is 101 Å². The van der Waals surface area contributed by atoms with Crippen LogP contribution in [0.3, 0.4) is 0 Å². The van der Waals surface area contributed by atoms with E-state index in [-0.39, 0.29) is 5.25 Å². The summed E-state index contributed by atoms with van der Waals surface area (Å²) in [6.45, 7) is 5.91. The number of benzene rings is 4. The number of fused-ring (bicyclic) bond motifs is 1. The first-order valence-electron chi connectivity index (χ1n) is 11.1. The Kier molecular flexibility index (Phi) is 7.31. The van der Waals surface area contributed by atoms with Crippen molar-refractivity contribution in [1.29, 1.82) is 0 Å². The molecule has 0 aliphatic rings. The molecule has 0 aliphatic heterocycles. The van der Waals surface area contributed by atoms with Gasteiger partial charge in [-0.15, -0.1) is 0 Å². The first-order valence-corrected chi connectivity index (χ1v) is 13.5. The summed E-state index contributed by atoms with van der Waals surface area (Å²) >= 11 is 0. The van der Waals surface area contributed by atoms with Gasteiger partial charge in [-0.05, 0) is 49.9 Å². The molecule has 0 saturated heterocycles. The van der Waals surface area contributed by atoms with E-state index in [2.05, 4.69) is 4.72 Å². The third-order valence-corrected chi connectivity index (χ3v) is 9.57. The minimum atomic E-state index is -1.65. The monoisotopic (exact) mass is 491 g/mol. The summed E-state index contributed by atoms with van der Waals surface area (Å²) in [5, 5.41) is 1.45. The molecule has 0 aromatic heterocycles. The fourth-order valence-corrected chi connectivity index (χ4v) is 7.08. The van der Waals surface area contributed by atoms with Gasteiger partial charge in [0, 0.05) is 10.3 Å². The normalized spacial score (nSPS) is 15.9. The van der Waals surface area contributed by atoms with Gasteiger partial charge in [-0.3, -0.25) is 4.21 Å². The van der Waals surface area contributed by atoms with Crippen molar-refractivity contribution in [3.8, 4) is 5.75 Å². The Bertz CT molecular complexity index is 1340. The van der Waals surface area contributed by atoms with E-state index >= 15 is 0 Å². The maximum atomic E-state index is 14.0. The third-order valence-electron chi connectivity index (χ3n) is 6.31. The molecule has 0 bridgehead atoms. The molecular weight excluding hydrogens is 462 g/mol. The van der Waals surface area contributed by atoms with Crippen molar-refractivity contribution in [2.24, 2.45) is 0 Å². The summed E-state index contributed by atoms with van der Waals surface area (Å²) in [5.41, 5.74) is 1.17. The van der Waals surface area contributed by atoms with Gasteiger partial charge in [-0.25, -0.2) is 8.93 Å². The standard InChI is InChI=1S/C28H29NO3S2/c1-20-14-17-24(18-15-20)33(30)21(2)28(3,23-11-6-5-7-12-23)29-34(31)27-25-13-9-8-10-22(25)16-19-26(27)32-4/h5-19,21,29H,1-4H3/t21-,28+,33+,34+/m0/s1. The van der Waals surface area contributed by atoms with Crippen LogP contribution < -0.4 is 9.46 Å². The fourth-order valence-electron chi connectivity index (χ4n) is 4.07. The summed E-state index contributed by atoms with van der Waals surface area (Å²) < 4.78 is 36.6. The molecule has 0 amide bonds. The lowest BCUT2D eigenvalue weighted by Crippen LogP contribution is -2.50. The first kappa shape index (κ1) is 24.3. The summed E-state index contributed by atoms with van der Waals surface area (Å²) in [6, 6.07) is 29.1. The summed E-state index contributed by atoms with van der Waals surface area (Å²) in [6.07, 6.45) is 0. The number of hydrogen-bond donors (Lipinski definition) is 1. The number of aryl methyl sites for hydroxylation is 1. The van der Waals surface area contributed by atoms with Crippen molar-refractivity contribution in [2.45, 2.75) is 41.4 Å². The van der Waals surface area contributed by atoms with E-state index in [9.17, 15) is 8.42 Å². The van der Waals surface area contributed by atoms with Crippen molar-refractivity contribution in [3.63, 3.8) is 0 Å². The van der Waals surface area contributed by atoms with Gasteiger partial charge in [0.25, 0.3) is 0 Å². The van der Waals surface area contributed by atoms with Crippen molar-refractivity contribution in [3.05, 3.63) is 102 Å². The Labute approximate surface area is 206 Å². The van der Waals surface area contributed by atoms with Gasteiger partial charge in [0.05, 0.1) is 28.7 Å². The van der Waals surface area contributed by atoms with Gasteiger partial charge in [0.15, 0.2) is 0 Å². The molecule has 176 valence electrons. The average molecular weight is 492 g/mol. The zero-order chi connectivity index (χ0) is 24.3. The van der Waals surface area contributed by atoms with E-state index in [0.717, 1.165) is 26.8 Å². The van der Waals surface area contributed by atoms with Crippen molar-refractivity contribution < 1.29 is 13.2 Å². The fraction of sp³-hybridized carbons (Fsp3) is 0.214. The van der Waals surface area contributed by atoms with Crippen LogP contribution in [0.1, 0.15) is 25.0 Å². The maximum Gasteiger partial charge on any atom is 0.137 e. The second-order valence-electron chi connectivity index (χ2n) is 8.51. The molecule has 34 heavy (non-hydrogen) atoms. The predicted molar refractivity (Wildman–Crippen MR) is 141 cm³/mol. The van der Waals surface area contributed by atoms with Crippen molar-refractivity contribution in [1.82, 2.24) is 4.72 Å². The van der Waals surface area contributed by atoms with Crippen LogP contribution in [0.2, 0.25) is 0 Å². The molecule has 0 saturated carbocycles. The highest BCUT2D eigenvalue weighted by Gasteiger charge is 2.39. The molecule has 1 N–H and O–H groups in total. The molecule has 0 spiro atoms. The second kappa shape index (κ2) is 10.2. The summed E-state index contributed by atoms with van der Waals surface area (Å²) in [4.78, 5) is 1.33. The quantitative estimate of drug-likeness (QED) is 0.335. The molecular formula is C28H29NO3S2. The molecule has 0 unspecified atom stereocenters.